The quantitative estimate of drug-likeness (QED) is 0.922. The Hall–Kier alpha value is -1.13. The van der Waals surface area contributed by atoms with Gasteiger partial charge in [-0.1, -0.05) is 6.42 Å². The molecule has 0 saturated carbocycles. The molecule has 2 fully saturated rings. The van der Waals surface area contributed by atoms with Crippen LogP contribution in [0.15, 0.2) is 18.3 Å². The number of nitrogens with one attached hydrogen (secondary N) is 1. The van der Waals surface area contributed by atoms with Crippen LogP contribution in [0, 0.1) is 0 Å². The van der Waals surface area contributed by atoms with E-state index in [9.17, 15) is 0 Å². The molecule has 0 radical (unpaired) electrons. The molecule has 0 spiro atoms. The van der Waals surface area contributed by atoms with Crippen LogP contribution in [0.5, 0.6) is 0 Å². The van der Waals surface area contributed by atoms with Crippen LogP contribution in [-0.2, 0) is 0 Å². The predicted molar refractivity (Wildman–Crippen MR) is 87.8 cm³/mol. The second-order valence-corrected chi connectivity index (χ2v) is 6.44. The van der Waals surface area contributed by atoms with Crippen LogP contribution in [0.25, 0.3) is 0 Å². The van der Waals surface area contributed by atoms with Gasteiger partial charge in [-0.3, -0.25) is 4.90 Å². The SMILES string of the molecule is CNC(C)c1ccnc(N2CCC(N3CCCCC3)C2)c1. The van der Waals surface area contributed by atoms with Gasteiger partial charge in [0.1, 0.15) is 5.82 Å². The molecule has 0 aromatic carbocycles. The maximum Gasteiger partial charge on any atom is 0.128 e. The fraction of sp³-hybridized carbons (Fsp3) is 0.706. The molecule has 0 amide bonds. The molecular formula is C17H28N4. The number of hydrogen-bond donors (Lipinski definition) is 1. The highest BCUT2D eigenvalue weighted by molar-refractivity contribution is 5.43. The topological polar surface area (TPSA) is 31.4 Å². The largest absolute Gasteiger partial charge is 0.355 e. The van der Waals surface area contributed by atoms with Gasteiger partial charge < -0.3 is 10.2 Å². The van der Waals surface area contributed by atoms with Crippen molar-refractivity contribution in [1.29, 1.82) is 0 Å². The summed E-state index contributed by atoms with van der Waals surface area (Å²) < 4.78 is 0. The highest BCUT2D eigenvalue weighted by atomic mass is 15.3. The molecule has 2 unspecified atom stereocenters. The molecule has 2 aliphatic heterocycles. The molecule has 21 heavy (non-hydrogen) atoms. The number of piperidine rings is 1. The standard InChI is InChI=1S/C17H28N4/c1-14(18-2)15-6-8-19-17(12-15)21-11-7-16(13-21)20-9-4-3-5-10-20/h6,8,12,14,16,18H,3-5,7,9-11,13H2,1-2H3. The zero-order valence-electron chi connectivity index (χ0n) is 13.4. The second kappa shape index (κ2) is 6.75. The van der Waals surface area contributed by atoms with Gasteiger partial charge in [0.05, 0.1) is 0 Å². The minimum Gasteiger partial charge on any atom is -0.355 e. The molecule has 1 aromatic heterocycles. The monoisotopic (exact) mass is 288 g/mol. The summed E-state index contributed by atoms with van der Waals surface area (Å²) in [6, 6.07) is 5.48. The molecule has 1 N–H and O–H groups in total. The number of aromatic nitrogens is 1. The first-order valence-corrected chi connectivity index (χ1v) is 8.40. The van der Waals surface area contributed by atoms with Crippen molar-refractivity contribution >= 4 is 5.82 Å². The van der Waals surface area contributed by atoms with Crippen molar-refractivity contribution < 1.29 is 0 Å². The normalized spacial score (nSPS) is 25.2. The lowest BCUT2D eigenvalue weighted by Gasteiger charge is -2.32. The highest BCUT2D eigenvalue weighted by Gasteiger charge is 2.29. The molecule has 4 nitrogen and oxygen atoms in total. The molecular weight excluding hydrogens is 260 g/mol. The van der Waals surface area contributed by atoms with Crippen molar-refractivity contribution in [1.82, 2.24) is 15.2 Å². The Morgan fingerprint density at radius 1 is 1.24 bits per heavy atom. The summed E-state index contributed by atoms with van der Waals surface area (Å²) in [4.78, 5) is 9.76. The summed E-state index contributed by atoms with van der Waals surface area (Å²) in [5, 5.41) is 3.30. The average molecular weight is 288 g/mol. The third-order valence-electron chi connectivity index (χ3n) is 5.10. The number of pyridine rings is 1. The molecule has 2 aliphatic rings. The van der Waals surface area contributed by atoms with Crippen LogP contribution in [0.3, 0.4) is 0 Å². The van der Waals surface area contributed by atoms with Crippen LogP contribution in [0.1, 0.15) is 44.2 Å². The fourth-order valence-corrected chi connectivity index (χ4v) is 3.57. The van der Waals surface area contributed by atoms with Crippen molar-refractivity contribution in [2.75, 3.05) is 38.1 Å². The van der Waals surface area contributed by atoms with Gasteiger partial charge >= 0.3 is 0 Å². The maximum absolute atomic E-state index is 4.60. The van der Waals surface area contributed by atoms with Gasteiger partial charge in [-0.25, -0.2) is 4.98 Å². The Morgan fingerprint density at radius 3 is 2.81 bits per heavy atom. The van der Waals surface area contributed by atoms with E-state index in [1.165, 1.54) is 44.3 Å². The van der Waals surface area contributed by atoms with E-state index >= 15 is 0 Å². The summed E-state index contributed by atoms with van der Waals surface area (Å²) >= 11 is 0. The molecule has 2 atom stereocenters. The molecule has 0 bridgehead atoms. The maximum atomic E-state index is 4.60. The van der Waals surface area contributed by atoms with E-state index in [0.717, 1.165) is 24.9 Å². The van der Waals surface area contributed by atoms with E-state index < -0.39 is 0 Å². The summed E-state index contributed by atoms with van der Waals surface area (Å²) in [5.41, 5.74) is 1.32. The molecule has 0 aliphatic carbocycles. The summed E-state index contributed by atoms with van der Waals surface area (Å²) in [6.45, 7) is 7.07. The predicted octanol–water partition coefficient (Wildman–Crippen LogP) is 2.43. The van der Waals surface area contributed by atoms with Gasteiger partial charge in [-0.15, -0.1) is 0 Å². The average Bonchev–Trinajstić information content (AvgIpc) is 3.05. The molecule has 3 rings (SSSR count). The van der Waals surface area contributed by atoms with Crippen LogP contribution in [0.4, 0.5) is 5.82 Å². The number of nitrogens with zero attached hydrogens (tertiary/aromatic N) is 3. The number of rotatable bonds is 4. The van der Waals surface area contributed by atoms with Crippen molar-refractivity contribution in [3.05, 3.63) is 23.9 Å². The van der Waals surface area contributed by atoms with Gasteiger partial charge in [-0.2, -0.15) is 0 Å². The summed E-state index contributed by atoms with van der Waals surface area (Å²) in [5.74, 6) is 1.15. The first-order valence-electron chi connectivity index (χ1n) is 8.40. The zero-order valence-corrected chi connectivity index (χ0v) is 13.4. The third kappa shape index (κ3) is 3.38. The van der Waals surface area contributed by atoms with Crippen LogP contribution < -0.4 is 10.2 Å². The van der Waals surface area contributed by atoms with E-state index in [-0.39, 0.29) is 0 Å². The first-order chi connectivity index (χ1) is 10.3. The first kappa shape index (κ1) is 14.8. The Balaban J connectivity index is 1.65. The van der Waals surface area contributed by atoms with Gasteiger partial charge in [0.25, 0.3) is 0 Å². The third-order valence-corrected chi connectivity index (χ3v) is 5.10. The minimum absolute atomic E-state index is 0.382. The van der Waals surface area contributed by atoms with Crippen LogP contribution in [0.2, 0.25) is 0 Å². The molecule has 2 saturated heterocycles. The fourth-order valence-electron chi connectivity index (χ4n) is 3.57. The lowest BCUT2D eigenvalue weighted by molar-refractivity contribution is 0.175. The zero-order chi connectivity index (χ0) is 14.7. The molecule has 116 valence electrons. The minimum atomic E-state index is 0.382. The lowest BCUT2D eigenvalue weighted by Crippen LogP contribution is -2.41. The lowest BCUT2D eigenvalue weighted by atomic mass is 10.1. The number of hydrogen-bond acceptors (Lipinski definition) is 4. The molecule has 1 aromatic rings. The van der Waals surface area contributed by atoms with Crippen LogP contribution in [-0.4, -0.2) is 49.2 Å². The van der Waals surface area contributed by atoms with Gasteiger partial charge in [0.15, 0.2) is 0 Å². The summed E-state index contributed by atoms with van der Waals surface area (Å²) in [6.07, 6.45) is 7.41. The second-order valence-electron chi connectivity index (χ2n) is 6.44. The molecule has 4 heteroatoms. The van der Waals surface area contributed by atoms with Crippen molar-refractivity contribution in [3.63, 3.8) is 0 Å². The Morgan fingerprint density at radius 2 is 2.05 bits per heavy atom. The number of likely N-dealkylation sites (tertiary alicyclic amines) is 1. The summed E-state index contributed by atoms with van der Waals surface area (Å²) in [7, 11) is 2.01. The van der Waals surface area contributed by atoms with Gasteiger partial charge in [0, 0.05) is 31.4 Å². The smallest absolute Gasteiger partial charge is 0.128 e. The molecule has 3 heterocycles. The van der Waals surface area contributed by atoms with Gasteiger partial charge in [-0.05, 0) is 64.0 Å². The van der Waals surface area contributed by atoms with Gasteiger partial charge in [0.2, 0.25) is 0 Å². The highest BCUT2D eigenvalue weighted by Crippen LogP contribution is 2.25. The van der Waals surface area contributed by atoms with Crippen LogP contribution >= 0.6 is 0 Å². The Labute approximate surface area is 128 Å². The van der Waals surface area contributed by atoms with E-state index in [0.29, 0.717) is 6.04 Å². The Bertz CT molecular complexity index is 456. The Kier molecular flexibility index (Phi) is 4.76. The van der Waals surface area contributed by atoms with Crippen molar-refractivity contribution in [2.24, 2.45) is 0 Å². The van der Waals surface area contributed by atoms with E-state index in [2.05, 4.69) is 39.2 Å². The van der Waals surface area contributed by atoms with E-state index in [1.54, 1.807) is 0 Å². The van der Waals surface area contributed by atoms with Crippen molar-refractivity contribution in [2.45, 2.75) is 44.7 Å². The van der Waals surface area contributed by atoms with E-state index in [1.807, 2.05) is 13.2 Å². The number of anilines is 1. The van der Waals surface area contributed by atoms with E-state index in [4.69, 9.17) is 0 Å². The van der Waals surface area contributed by atoms with Crippen molar-refractivity contribution in [3.8, 4) is 0 Å².